The maximum atomic E-state index is 13.0. The van der Waals surface area contributed by atoms with Crippen molar-refractivity contribution in [2.24, 2.45) is 0 Å². The summed E-state index contributed by atoms with van der Waals surface area (Å²) < 4.78 is 32.8. The zero-order valence-electron chi connectivity index (χ0n) is 15.2. The minimum atomic E-state index is -3.52. The molecule has 2 aromatic rings. The van der Waals surface area contributed by atoms with Crippen molar-refractivity contribution in [3.63, 3.8) is 0 Å². The molecule has 1 heterocycles. The van der Waals surface area contributed by atoms with Crippen molar-refractivity contribution in [3.05, 3.63) is 52.5 Å². The summed E-state index contributed by atoms with van der Waals surface area (Å²) in [6.07, 6.45) is 0. The fraction of sp³-hybridized carbons (Fsp3) is 0.368. The zero-order chi connectivity index (χ0) is 18.9. The highest BCUT2D eigenvalue weighted by molar-refractivity contribution is 7.89. The van der Waals surface area contributed by atoms with E-state index in [9.17, 15) is 8.42 Å². The molecule has 0 amide bonds. The highest BCUT2D eigenvalue weighted by atomic mass is 35.5. The molecule has 1 fully saturated rings. The summed E-state index contributed by atoms with van der Waals surface area (Å²) >= 11 is 6.21. The predicted molar refractivity (Wildman–Crippen MR) is 105 cm³/mol. The number of anilines is 1. The lowest BCUT2D eigenvalue weighted by Crippen LogP contribution is -2.49. The smallest absolute Gasteiger partial charge is 0.243 e. The van der Waals surface area contributed by atoms with Crippen LogP contribution in [0.3, 0.4) is 0 Å². The minimum absolute atomic E-state index is 0.339. The summed E-state index contributed by atoms with van der Waals surface area (Å²) in [5, 5.41) is 0.728. The van der Waals surface area contributed by atoms with Gasteiger partial charge in [0.15, 0.2) is 0 Å². The Hall–Kier alpha value is -1.76. The summed E-state index contributed by atoms with van der Waals surface area (Å²) in [5.74, 6) is 0.655. The standard InChI is InChI=1S/C19H23ClN2O3S/c1-14-13-16(25-3)7-8-19(14)26(23,24)22-11-9-21(10-12-22)18-6-4-5-17(20)15(18)2/h4-8,13H,9-12H2,1-3H3. The van der Waals surface area contributed by atoms with Gasteiger partial charge in [0.2, 0.25) is 10.0 Å². The van der Waals surface area contributed by atoms with Crippen LogP contribution in [0.4, 0.5) is 5.69 Å². The van der Waals surface area contributed by atoms with Crippen LogP contribution in [-0.2, 0) is 10.0 Å². The van der Waals surface area contributed by atoms with Gasteiger partial charge in [-0.1, -0.05) is 17.7 Å². The molecule has 1 aliphatic heterocycles. The van der Waals surface area contributed by atoms with Crippen molar-refractivity contribution in [2.45, 2.75) is 18.7 Å². The molecule has 1 aliphatic rings. The third-order valence-electron chi connectivity index (χ3n) is 4.82. The number of benzene rings is 2. The Bertz CT molecular complexity index is 907. The van der Waals surface area contributed by atoms with Crippen LogP contribution < -0.4 is 9.64 Å². The summed E-state index contributed by atoms with van der Waals surface area (Å²) in [6, 6.07) is 10.9. The summed E-state index contributed by atoms with van der Waals surface area (Å²) in [4.78, 5) is 2.53. The fourth-order valence-corrected chi connectivity index (χ4v) is 5.08. The SMILES string of the molecule is COc1ccc(S(=O)(=O)N2CCN(c3cccc(Cl)c3C)CC2)c(C)c1. The van der Waals surface area contributed by atoms with Gasteiger partial charge < -0.3 is 9.64 Å². The van der Waals surface area contributed by atoms with E-state index >= 15 is 0 Å². The van der Waals surface area contributed by atoms with Crippen molar-refractivity contribution in [1.29, 1.82) is 0 Å². The molecule has 0 atom stereocenters. The molecule has 0 N–H and O–H groups in total. The first-order valence-electron chi connectivity index (χ1n) is 8.49. The van der Waals surface area contributed by atoms with Crippen LogP contribution in [0.1, 0.15) is 11.1 Å². The number of piperazine rings is 1. The van der Waals surface area contributed by atoms with E-state index in [1.807, 2.05) is 25.1 Å². The van der Waals surface area contributed by atoms with E-state index in [-0.39, 0.29) is 0 Å². The molecule has 0 spiro atoms. The third kappa shape index (κ3) is 3.54. The largest absolute Gasteiger partial charge is 0.497 e. The first kappa shape index (κ1) is 19.0. The molecular formula is C19H23ClN2O3S. The Balaban J connectivity index is 1.78. The molecule has 7 heteroatoms. The number of aryl methyl sites for hydroxylation is 1. The van der Waals surface area contributed by atoms with Crippen LogP contribution in [0.15, 0.2) is 41.3 Å². The lowest BCUT2D eigenvalue weighted by Gasteiger charge is -2.36. The molecule has 0 saturated carbocycles. The van der Waals surface area contributed by atoms with Crippen LogP contribution >= 0.6 is 11.6 Å². The first-order chi connectivity index (χ1) is 12.3. The van der Waals surface area contributed by atoms with Gasteiger partial charge in [0, 0.05) is 36.9 Å². The van der Waals surface area contributed by atoms with Crippen molar-refractivity contribution >= 4 is 27.3 Å². The lowest BCUT2D eigenvalue weighted by atomic mass is 10.1. The van der Waals surface area contributed by atoms with Gasteiger partial charge in [-0.25, -0.2) is 8.42 Å². The number of rotatable bonds is 4. The second kappa shape index (κ2) is 7.47. The highest BCUT2D eigenvalue weighted by Gasteiger charge is 2.30. The number of nitrogens with zero attached hydrogens (tertiary/aromatic N) is 2. The number of sulfonamides is 1. The number of halogens is 1. The molecule has 2 aromatic carbocycles. The van der Waals surface area contributed by atoms with Crippen molar-refractivity contribution in [3.8, 4) is 5.75 Å². The van der Waals surface area contributed by atoms with Gasteiger partial charge in [0.1, 0.15) is 5.75 Å². The molecule has 1 saturated heterocycles. The van der Waals surface area contributed by atoms with Crippen molar-refractivity contribution < 1.29 is 13.2 Å². The van der Waals surface area contributed by atoms with Gasteiger partial charge in [0.05, 0.1) is 12.0 Å². The predicted octanol–water partition coefficient (Wildman–Crippen LogP) is 3.48. The van der Waals surface area contributed by atoms with E-state index < -0.39 is 10.0 Å². The van der Waals surface area contributed by atoms with Gasteiger partial charge in [-0.05, 0) is 55.3 Å². The average molecular weight is 395 g/mol. The van der Waals surface area contributed by atoms with Crippen LogP contribution in [-0.4, -0.2) is 46.0 Å². The van der Waals surface area contributed by atoms with Crippen LogP contribution in [0, 0.1) is 13.8 Å². The van der Waals surface area contributed by atoms with Crippen molar-refractivity contribution in [2.75, 3.05) is 38.2 Å². The first-order valence-corrected chi connectivity index (χ1v) is 10.3. The second-order valence-corrected chi connectivity index (χ2v) is 8.72. The highest BCUT2D eigenvalue weighted by Crippen LogP contribution is 2.29. The number of hydrogen-bond donors (Lipinski definition) is 0. The Morgan fingerprint density at radius 3 is 2.35 bits per heavy atom. The molecule has 0 radical (unpaired) electrons. The summed E-state index contributed by atoms with van der Waals surface area (Å²) in [7, 11) is -1.95. The normalized spacial score (nSPS) is 15.9. The molecule has 0 unspecified atom stereocenters. The number of methoxy groups -OCH3 is 1. The molecule has 3 rings (SSSR count). The fourth-order valence-electron chi connectivity index (χ4n) is 3.29. The molecule has 0 bridgehead atoms. The topological polar surface area (TPSA) is 49.9 Å². The quantitative estimate of drug-likeness (QED) is 0.796. The Kier molecular flexibility index (Phi) is 5.46. The molecule has 26 heavy (non-hydrogen) atoms. The van der Waals surface area contributed by atoms with E-state index in [4.69, 9.17) is 16.3 Å². The maximum absolute atomic E-state index is 13.0. The summed E-state index contributed by atoms with van der Waals surface area (Å²) in [5.41, 5.74) is 2.78. The van der Waals surface area contributed by atoms with E-state index in [0.717, 1.165) is 16.3 Å². The second-order valence-electron chi connectivity index (χ2n) is 6.41. The van der Waals surface area contributed by atoms with Crippen LogP contribution in [0.2, 0.25) is 5.02 Å². The number of hydrogen-bond acceptors (Lipinski definition) is 4. The third-order valence-corrected chi connectivity index (χ3v) is 7.29. The number of ether oxygens (including phenoxy) is 1. The lowest BCUT2D eigenvalue weighted by molar-refractivity contribution is 0.384. The zero-order valence-corrected chi connectivity index (χ0v) is 16.8. The van der Waals surface area contributed by atoms with E-state index in [1.165, 1.54) is 0 Å². The van der Waals surface area contributed by atoms with Crippen molar-refractivity contribution in [1.82, 2.24) is 4.31 Å². The van der Waals surface area contributed by atoms with Gasteiger partial charge in [-0.3, -0.25) is 0 Å². The van der Waals surface area contributed by atoms with Gasteiger partial charge in [-0.15, -0.1) is 0 Å². The molecule has 0 aliphatic carbocycles. The van der Waals surface area contributed by atoms with Gasteiger partial charge in [-0.2, -0.15) is 4.31 Å². The average Bonchev–Trinajstić information content (AvgIpc) is 2.63. The van der Waals surface area contributed by atoms with E-state index in [1.54, 1.807) is 36.5 Å². The monoisotopic (exact) mass is 394 g/mol. The Morgan fingerprint density at radius 2 is 1.73 bits per heavy atom. The molecule has 5 nitrogen and oxygen atoms in total. The van der Waals surface area contributed by atoms with Crippen LogP contribution in [0.5, 0.6) is 5.75 Å². The van der Waals surface area contributed by atoms with Gasteiger partial charge in [0.25, 0.3) is 0 Å². The van der Waals surface area contributed by atoms with Gasteiger partial charge >= 0.3 is 0 Å². The van der Waals surface area contributed by atoms with Crippen LogP contribution in [0.25, 0.3) is 0 Å². The molecule has 0 aromatic heterocycles. The van der Waals surface area contributed by atoms with E-state index in [0.29, 0.717) is 42.4 Å². The van der Waals surface area contributed by atoms with E-state index in [2.05, 4.69) is 4.90 Å². The Labute approximate surface area is 160 Å². The molecule has 140 valence electrons. The maximum Gasteiger partial charge on any atom is 0.243 e. The summed E-state index contributed by atoms with van der Waals surface area (Å²) in [6.45, 7) is 5.94. The minimum Gasteiger partial charge on any atom is -0.497 e. The molecular weight excluding hydrogens is 372 g/mol. The Morgan fingerprint density at radius 1 is 1.04 bits per heavy atom.